The highest BCUT2D eigenvalue weighted by molar-refractivity contribution is 7.99. The number of nitrogens with zero attached hydrogens (tertiary/aromatic N) is 1. The van der Waals surface area contributed by atoms with Crippen molar-refractivity contribution < 1.29 is 9.84 Å². The van der Waals surface area contributed by atoms with Crippen LogP contribution in [0, 0.1) is 0 Å². The first-order valence-electron chi connectivity index (χ1n) is 8.31. The molecule has 1 unspecified atom stereocenters. The molecule has 0 saturated carbocycles. The topological polar surface area (TPSA) is 65.9 Å². The quantitative estimate of drug-likeness (QED) is 0.381. The van der Waals surface area contributed by atoms with Gasteiger partial charge in [-0.3, -0.25) is 0 Å². The summed E-state index contributed by atoms with van der Waals surface area (Å²) >= 11 is 1.79. The molecule has 1 aromatic carbocycles. The van der Waals surface area contributed by atoms with Crippen LogP contribution >= 0.6 is 11.8 Å². The number of aliphatic imine (C=N–C) groups is 1. The van der Waals surface area contributed by atoms with E-state index in [0.717, 1.165) is 35.8 Å². The Hall–Kier alpha value is -1.66. The fourth-order valence-corrected chi connectivity index (χ4v) is 3.71. The second-order valence-corrected chi connectivity index (χ2v) is 6.89. The van der Waals surface area contributed by atoms with Crippen LogP contribution in [-0.4, -0.2) is 47.9 Å². The molecule has 0 spiro atoms. The number of ether oxygens (including phenoxy) is 1. The molecule has 24 heavy (non-hydrogen) atoms. The highest BCUT2D eigenvalue weighted by atomic mass is 32.2. The molecule has 0 radical (unpaired) electrons. The van der Waals surface area contributed by atoms with Crippen LogP contribution < -0.4 is 15.4 Å². The molecule has 1 aliphatic heterocycles. The van der Waals surface area contributed by atoms with Gasteiger partial charge in [-0.1, -0.05) is 30.9 Å². The lowest BCUT2D eigenvalue weighted by atomic mass is 10.0. The van der Waals surface area contributed by atoms with Gasteiger partial charge in [-0.2, -0.15) is 11.8 Å². The van der Waals surface area contributed by atoms with Crippen molar-refractivity contribution in [1.29, 1.82) is 0 Å². The molecule has 6 heteroatoms. The molecule has 3 N–H and O–H groups in total. The maximum atomic E-state index is 10.4. The van der Waals surface area contributed by atoms with Crippen molar-refractivity contribution >= 4 is 17.7 Å². The maximum absolute atomic E-state index is 10.4. The molecular formula is C18H27N3O2S. The van der Waals surface area contributed by atoms with Gasteiger partial charge in [-0.15, -0.1) is 0 Å². The molecule has 132 valence electrons. The molecule has 1 atom stereocenters. The largest absolute Gasteiger partial charge is 0.489 e. The predicted octanol–water partition coefficient (Wildman–Crippen LogP) is 2.17. The number of para-hydroxylation sites is 1. The molecule has 1 heterocycles. The summed E-state index contributed by atoms with van der Waals surface area (Å²) in [7, 11) is 0. The summed E-state index contributed by atoms with van der Waals surface area (Å²) in [5, 5.41) is 16.9. The SMILES string of the molecule is C=CCOc1ccccc1CN=C(NCC)NCC1(O)CCSC1. The zero-order valence-corrected chi connectivity index (χ0v) is 15.1. The summed E-state index contributed by atoms with van der Waals surface area (Å²) < 4.78 is 5.66. The van der Waals surface area contributed by atoms with Gasteiger partial charge in [0.1, 0.15) is 12.4 Å². The standard InChI is InChI=1S/C18H27N3O2S/c1-3-10-23-16-8-6-5-7-15(16)12-20-17(19-4-2)21-13-18(22)9-11-24-14-18/h3,5-8,22H,1,4,9-14H2,2H3,(H2,19,20,21). The van der Waals surface area contributed by atoms with Gasteiger partial charge >= 0.3 is 0 Å². The number of benzene rings is 1. The Labute approximate surface area is 148 Å². The van der Waals surface area contributed by atoms with Crippen molar-refractivity contribution in [3.8, 4) is 5.75 Å². The van der Waals surface area contributed by atoms with E-state index in [2.05, 4.69) is 22.2 Å². The Bertz CT molecular complexity index is 557. The van der Waals surface area contributed by atoms with Crippen molar-refractivity contribution in [2.45, 2.75) is 25.5 Å². The third-order valence-corrected chi connectivity index (χ3v) is 4.98. The van der Waals surface area contributed by atoms with E-state index in [1.165, 1.54) is 0 Å². The minimum absolute atomic E-state index is 0.476. The number of rotatable bonds is 8. The van der Waals surface area contributed by atoms with Crippen LogP contribution in [0.4, 0.5) is 0 Å². The first kappa shape index (κ1) is 18.7. The summed E-state index contributed by atoms with van der Waals surface area (Å²) in [4.78, 5) is 4.62. The third kappa shape index (κ3) is 5.76. The molecular weight excluding hydrogens is 322 g/mol. The molecule has 0 aromatic heterocycles. The summed E-state index contributed by atoms with van der Waals surface area (Å²) in [6.45, 7) is 7.97. The summed E-state index contributed by atoms with van der Waals surface area (Å²) in [6.07, 6.45) is 2.55. The Morgan fingerprint density at radius 2 is 2.29 bits per heavy atom. The molecule has 1 fully saturated rings. The molecule has 1 saturated heterocycles. The summed E-state index contributed by atoms with van der Waals surface area (Å²) in [5.74, 6) is 3.32. The first-order valence-corrected chi connectivity index (χ1v) is 9.46. The van der Waals surface area contributed by atoms with Crippen molar-refractivity contribution in [3.05, 3.63) is 42.5 Å². The normalized spacial score (nSPS) is 20.7. The van der Waals surface area contributed by atoms with Crippen molar-refractivity contribution in [2.75, 3.05) is 31.2 Å². The average Bonchev–Trinajstić information content (AvgIpc) is 3.03. The van der Waals surface area contributed by atoms with Crippen molar-refractivity contribution in [3.63, 3.8) is 0 Å². The number of nitrogens with one attached hydrogen (secondary N) is 2. The van der Waals surface area contributed by atoms with E-state index in [4.69, 9.17) is 4.74 Å². The van der Waals surface area contributed by atoms with Crippen molar-refractivity contribution in [1.82, 2.24) is 10.6 Å². The Balaban J connectivity index is 1.98. The lowest BCUT2D eigenvalue weighted by molar-refractivity contribution is 0.0724. The first-order chi connectivity index (χ1) is 11.7. The number of guanidine groups is 1. The van der Waals surface area contributed by atoms with Gasteiger partial charge in [0, 0.05) is 24.4 Å². The van der Waals surface area contributed by atoms with Crippen LogP contribution in [0.5, 0.6) is 5.75 Å². The van der Waals surface area contributed by atoms with E-state index < -0.39 is 5.60 Å². The van der Waals surface area contributed by atoms with Crippen LogP contribution in [0.2, 0.25) is 0 Å². The Morgan fingerprint density at radius 3 is 3.00 bits per heavy atom. The number of aliphatic hydroxyl groups is 1. The second kappa shape index (κ2) is 9.59. The fourth-order valence-electron chi connectivity index (χ4n) is 2.41. The molecule has 0 bridgehead atoms. The van der Waals surface area contributed by atoms with E-state index >= 15 is 0 Å². The molecule has 0 amide bonds. The van der Waals surface area contributed by atoms with Gasteiger partial charge in [-0.25, -0.2) is 4.99 Å². The summed E-state index contributed by atoms with van der Waals surface area (Å²) in [6, 6.07) is 7.87. The molecule has 1 aliphatic rings. The van der Waals surface area contributed by atoms with E-state index in [-0.39, 0.29) is 0 Å². The smallest absolute Gasteiger partial charge is 0.191 e. The molecule has 2 rings (SSSR count). The minimum Gasteiger partial charge on any atom is -0.489 e. The van der Waals surface area contributed by atoms with Crippen molar-refractivity contribution in [2.24, 2.45) is 4.99 Å². The van der Waals surface area contributed by atoms with Crippen LogP contribution in [0.3, 0.4) is 0 Å². The van der Waals surface area contributed by atoms with Gasteiger partial charge in [0.15, 0.2) is 5.96 Å². The van der Waals surface area contributed by atoms with Gasteiger partial charge in [0.25, 0.3) is 0 Å². The number of hydrogen-bond donors (Lipinski definition) is 3. The molecule has 0 aliphatic carbocycles. The lowest BCUT2D eigenvalue weighted by Gasteiger charge is -2.23. The highest BCUT2D eigenvalue weighted by Crippen LogP contribution is 2.27. The zero-order chi connectivity index (χ0) is 17.3. The van der Waals surface area contributed by atoms with Crippen LogP contribution in [0.25, 0.3) is 0 Å². The maximum Gasteiger partial charge on any atom is 0.191 e. The van der Waals surface area contributed by atoms with E-state index in [1.54, 1.807) is 17.8 Å². The van der Waals surface area contributed by atoms with Gasteiger partial charge in [0.05, 0.1) is 12.1 Å². The second-order valence-electron chi connectivity index (χ2n) is 5.78. The summed E-state index contributed by atoms with van der Waals surface area (Å²) in [5.41, 5.74) is 0.387. The van der Waals surface area contributed by atoms with Gasteiger partial charge < -0.3 is 20.5 Å². The number of hydrogen-bond acceptors (Lipinski definition) is 4. The zero-order valence-electron chi connectivity index (χ0n) is 14.3. The lowest BCUT2D eigenvalue weighted by Crippen LogP contribution is -2.47. The van der Waals surface area contributed by atoms with Gasteiger partial charge in [0.2, 0.25) is 0 Å². The van der Waals surface area contributed by atoms with E-state index in [1.807, 2.05) is 31.2 Å². The molecule has 1 aromatic rings. The average molecular weight is 350 g/mol. The Morgan fingerprint density at radius 1 is 1.46 bits per heavy atom. The number of thioether (sulfide) groups is 1. The third-order valence-electron chi connectivity index (χ3n) is 3.75. The molecule has 5 nitrogen and oxygen atoms in total. The van der Waals surface area contributed by atoms with Gasteiger partial charge in [-0.05, 0) is 25.2 Å². The van der Waals surface area contributed by atoms with Crippen LogP contribution in [-0.2, 0) is 6.54 Å². The van der Waals surface area contributed by atoms with Crippen LogP contribution in [0.15, 0.2) is 41.9 Å². The predicted molar refractivity (Wildman–Crippen MR) is 102 cm³/mol. The fraction of sp³-hybridized carbons (Fsp3) is 0.500. The van der Waals surface area contributed by atoms with Crippen LogP contribution in [0.1, 0.15) is 18.9 Å². The minimum atomic E-state index is -0.633. The van der Waals surface area contributed by atoms with E-state index in [0.29, 0.717) is 25.7 Å². The Kier molecular flexibility index (Phi) is 7.46. The highest BCUT2D eigenvalue weighted by Gasteiger charge is 2.31. The van der Waals surface area contributed by atoms with E-state index in [9.17, 15) is 5.11 Å². The monoisotopic (exact) mass is 349 g/mol.